The summed E-state index contributed by atoms with van der Waals surface area (Å²) in [5, 5.41) is 1.23. The van der Waals surface area contributed by atoms with E-state index in [1.807, 2.05) is 35.2 Å². The molecule has 0 spiro atoms. The van der Waals surface area contributed by atoms with Crippen LogP contribution in [0.5, 0.6) is 0 Å². The number of hydrogen-bond acceptors (Lipinski definition) is 1. The van der Waals surface area contributed by atoms with E-state index in [9.17, 15) is 4.79 Å². The first-order valence-electron chi connectivity index (χ1n) is 9.87. The summed E-state index contributed by atoms with van der Waals surface area (Å²) in [6.45, 7) is 7.09. The molecule has 0 fully saturated rings. The van der Waals surface area contributed by atoms with Crippen molar-refractivity contribution in [3.63, 3.8) is 0 Å². The van der Waals surface area contributed by atoms with Crippen LogP contribution in [-0.4, -0.2) is 30.4 Å². The maximum absolute atomic E-state index is 13.1. The number of para-hydroxylation sites is 1. The molecule has 3 aromatic rings. The molecule has 0 bridgehead atoms. The molecular weight excluding hydrogens is 372 g/mol. The van der Waals surface area contributed by atoms with E-state index in [1.54, 1.807) is 0 Å². The Balaban J connectivity index is 1.84. The maximum Gasteiger partial charge on any atom is 0.298 e. The van der Waals surface area contributed by atoms with E-state index in [-0.39, 0.29) is 11.9 Å². The summed E-state index contributed by atoms with van der Waals surface area (Å²) in [5.41, 5.74) is 8.56. The number of aromatic amines is 1. The Morgan fingerprint density at radius 3 is 2.55 bits per heavy atom. The lowest BCUT2D eigenvalue weighted by Crippen LogP contribution is -2.40. The highest BCUT2D eigenvalue weighted by Crippen LogP contribution is 2.38. The van der Waals surface area contributed by atoms with E-state index < -0.39 is 8.07 Å². The summed E-state index contributed by atoms with van der Waals surface area (Å²) in [6, 6.07) is 16.0. The second-order valence-corrected chi connectivity index (χ2v) is 13.2. The maximum atomic E-state index is 13.1. The van der Waals surface area contributed by atoms with E-state index in [0.29, 0.717) is 6.54 Å². The minimum atomic E-state index is -1.63. The molecule has 2 aromatic carbocycles. The van der Waals surface area contributed by atoms with Crippen LogP contribution in [0.4, 0.5) is 0 Å². The Morgan fingerprint density at radius 1 is 1.14 bits per heavy atom. The van der Waals surface area contributed by atoms with Gasteiger partial charge in [0.25, 0.3) is 5.91 Å². The summed E-state index contributed by atoms with van der Waals surface area (Å²) < 4.78 is 0. The van der Waals surface area contributed by atoms with Crippen LogP contribution < -0.4 is 0 Å². The summed E-state index contributed by atoms with van der Waals surface area (Å²) in [4.78, 5) is 18.6. The number of rotatable bonds is 1. The van der Waals surface area contributed by atoms with Crippen LogP contribution in [0.25, 0.3) is 10.9 Å². The lowest BCUT2D eigenvalue weighted by Gasteiger charge is -2.35. The van der Waals surface area contributed by atoms with Crippen LogP contribution in [0, 0.1) is 23.8 Å². The van der Waals surface area contributed by atoms with Gasteiger partial charge in [-0.05, 0) is 41.7 Å². The number of nitrogens with zero attached hydrogens (tertiary/aromatic N) is 1. The van der Waals surface area contributed by atoms with E-state index in [0.717, 1.165) is 28.8 Å². The van der Waals surface area contributed by atoms with Crippen LogP contribution in [0.2, 0.25) is 19.6 Å². The molecule has 2 heterocycles. The number of H-pyrrole nitrogens is 1. The second kappa shape index (κ2) is 7.31. The van der Waals surface area contributed by atoms with Crippen molar-refractivity contribution in [3.05, 3.63) is 70.9 Å². The summed E-state index contributed by atoms with van der Waals surface area (Å²) in [6.07, 6.45) is 6.34. The molecule has 1 aliphatic rings. The molecule has 144 valence electrons. The summed E-state index contributed by atoms with van der Waals surface area (Å²) in [7, 11) is -1.63. The normalized spacial score (nSPS) is 15.9. The first kappa shape index (κ1) is 19.1. The van der Waals surface area contributed by atoms with Crippen LogP contribution in [0.15, 0.2) is 48.5 Å². The number of hydrogen-bond donors (Lipinski definition) is 1. The third-order valence-electron chi connectivity index (χ3n) is 5.23. The Bertz CT molecular complexity index is 1180. The molecule has 4 rings (SSSR count). The zero-order valence-corrected chi connectivity index (χ0v) is 18.0. The SMILES string of the molecule is C#Cc1ccc(C2c3[nH]c4ccccc4c3CCN2C(=O)C#C[Si](C)(C)C)cc1. The smallest absolute Gasteiger partial charge is 0.298 e. The van der Waals surface area contributed by atoms with Gasteiger partial charge in [0.15, 0.2) is 0 Å². The average molecular weight is 397 g/mol. The van der Waals surface area contributed by atoms with Gasteiger partial charge in [-0.2, -0.15) is 0 Å². The second-order valence-electron chi connectivity index (χ2n) is 8.48. The predicted octanol–water partition coefficient (Wildman–Crippen LogP) is 4.50. The Kier molecular flexibility index (Phi) is 4.82. The van der Waals surface area contributed by atoms with Crippen LogP contribution in [-0.2, 0) is 11.2 Å². The van der Waals surface area contributed by atoms with Crippen LogP contribution in [0.3, 0.4) is 0 Å². The third kappa shape index (κ3) is 3.72. The molecule has 1 atom stereocenters. The Morgan fingerprint density at radius 2 is 1.86 bits per heavy atom. The van der Waals surface area contributed by atoms with Crippen LogP contribution in [0.1, 0.15) is 28.4 Å². The number of carbonyl (C=O) groups excluding carboxylic acids is 1. The van der Waals surface area contributed by atoms with Gasteiger partial charge in [-0.1, -0.05) is 55.9 Å². The fourth-order valence-corrected chi connectivity index (χ4v) is 4.36. The van der Waals surface area contributed by atoms with E-state index in [4.69, 9.17) is 6.42 Å². The van der Waals surface area contributed by atoms with Gasteiger partial charge >= 0.3 is 0 Å². The zero-order chi connectivity index (χ0) is 20.6. The lowest BCUT2D eigenvalue weighted by molar-refractivity contribution is -0.127. The molecule has 3 nitrogen and oxygen atoms in total. The average Bonchev–Trinajstić information content (AvgIpc) is 3.09. The van der Waals surface area contributed by atoms with Gasteiger partial charge in [-0.15, -0.1) is 12.0 Å². The van der Waals surface area contributed by atoms with Gasteiger partial charge in [0.05, 0.1) is 6.04 Å². The van der Waals surface area contributed by atoms with Crippen molar-refractivity contribution < 1.29 is 4.79 Å². The first-order valence-corrected chi connectivity index (χ1v) is 13.4. The predicted molar refractivity (Wildman–Crippen MR) is 121 cm³/mol. The highest BCUT2D eigenvalue weighted by atomic mass is 28.3. The first-order chi connectivity index (χ1) is 13.9. The highest BCUT2D eigenvalue weighted by molar-refractivity contribution is 6.84. The molecule has 29 heavy (non-hydrogen) atoms. The standard InChI is InChI=1S/C25H24N2OSi/c1-5-18-10-12-19(13-11-18)25-24-21(20-8-6-7-9-22(20)26-24)14-16-27(25)23(28)15-17-29(2,3)4/h1,6-13,25-26H,14,16H2,2-4H3. The number of amides is 1. The number of terminal acetylenes is 1. The van der Waals surface area contributed by atoms with Gasteiger partial charge in [0, 0.05) is 28.7 Å². The largest absolute Gasteiger partial charge is 0.356 e. The van der Waals surface area contributed by atoms with Crippen molar-refractivity contribution in [2.24, 2.45) is 0 Å². The molecule has 0 radical (unpaired) electrons. The van der Waals surface area contributed by atoms with E-state index in [2.05, 4.69) is 60.2 Å². The molecule has 0 saturated heterocycles. The zero-order valence-electron chi connectivity index (χ0n) is 17.0. The Hall–Kier alpha value is -3.21. The van der Waals surface area contributed by atoms with Crippen molar-refractivity contribution in [1.82, 2.24) is 9.88 Å². The minimum absolute atomic E-state index is 0.109. The Labute approximate surface area is 173 Å². The van der Waals surface area contributed by atoms with Gasteiger partial charge in [0.1, 0.15) is 8.07 Å². The van der Waals surface area contributed by atoms with Gasteiger partial charge in [-0.3, -0.25) is 4.79 Å². The molecule has 4 heteroatoms. The molecule has 0 saturated carbocycles. The number of benzene rings is 2. The quantitative estimate of drug-likeness (QED) is 0.477. The van der Waals surface area contributed by atoms with Crippen molar-refractivity contribution in [3.8, 4) is 23.8 Å². The van der Waals surface area contributed by atoms with Gasteiger partial charge in [-0.25, -0.2) is 0 Å². The fraction of sp³-hybridized carbons (Fsp3) is 0.240. The number of nitrogens with one attached hydrogen (secondary N) is 1. The fourth-order valence-electron chi connectivity index (χ4n) is 3.88. The van der Waals surface area contributed by atoms with E-state index >= 15 is 0 Å². The van der Waals surface area contributed by atoms with Crippen molar-refractivity contribution in [2.75, 3.05) is 6.54 Å². The van der Waals surface area contributed by atoms with Crippen molar-refractivity contribution >= 4 is 24.9 Å². The molecule has 1 aliphatic heterocycles. The monoisotopic (exact) mass is 396 g/mol. The molecular formula is C25H24N2OSi. The topological polar surface area (TPSA) is 36.1 Å². The van der Waals surface area contributed by atoms with Crippen molar-refractivity contribution in [2.45, 2.75) is 32.1 Å². The molecule has 1 unspecified atom stereocenters. The number of aromatic nitrogens is 1. The molecule has 0 aliphatic carbocycles. The number of carbonyl (C=O) groups is 1. The number of fused-ring (bicyclic) bond motifs is 3. The lowest BCUT2D eigenvalue weighted by atomic mass is 9.92. The van der Waals surface area contributed by atoms with Crippen LogP contribution >= 0.6 is 0 Å². The summed E-state index contributed by atoms with van der Waals surface area (Å²) >= 11 is 0. The van der Waals surface area contributed by atoms with E-state index in [1.165, 1.54) is 10.9 Å². The molecule has 1 N–H and O–H groups in total. The minimum Gasteiger partial charge on any atom is -0.356 e. The van der Waals surface area contributed by atoms with Crippen molar-refractivity contribution in [1.29, 1.82) is 0 Å². The third-order valence-corrected chi connectivity index (χ3v) is 6.11. The molecule has 1 aromatic heterocycles. The molecule has 1 amide bonds. The van der Waals surface area contributed by atoms with Gasteiger partial charge in [0.2, 0.25) is 0 Å². The highest BCUT2D eigenvalue weighted by Gasteiger charge is 2.34. The summed E-state index contributed by atoms with van der Waals surface area (Å²) in [5.74, 6) is 5.49. The van der Waals surface area contributed by atoms with Gasteiger partial charge < -0.3 is 9.88 Å².